The Morgan fingerprint density at radius 2 is 1.87 bits per heavy atom. The Hall–Kier alpha value is -3.00. The van der Waals surface area contributed by atoms with Crippen LogP contribution in [0.3, 0.4) is 0 Å². The molecule has 1 unspecified atom stereocenters. The van der Waals surface area contributed by atoms with Crippen LogP contribution in [0.5, 0.6) is 11.5 Å². The molecule has 1 amide bonds. The number of carbonyl (C=O) groups is 1. The molecule has 0 bridgehead atoms. The molecule has 2 atom stereocenters. The smallest absolute Gasteiger partial charge is 0.247 e. The number of H-pyrrole nitrogens is 1. The van der Waals surface area contributed by atoms with E-state index in [0.717, 1.165) is 73.4 Å². The minimum Gasteiger partial charge on any atom is -0.495 e. The molecule has 1 aliphatic carbocycles. The Bertz CT molecular complexity index is 1350. The number of nitrogens with zero attached hydrogens (tertiary/aromatic N) is 1. The number of hydrogen-bond donors (Lipinski definition) is 2. The highest BCUT2D eigenvalue weighted by Crippen LogP contribution is 2.48. The molecular weight excluding hydrogens is 537 g/mol. The lowest BCUT2D eigenvalue weighted by Crippen LogP contribution is -2.14. The predicted octanol–water partition coefficient (Wildman–Crippen LogP) is 7.08. The van der Waals surface area contributed by atoms with Gasteiger partial charge in [-0.3, -0.25) is 9.89 Å². The second-order valence-electron chi connectivity index (χ2n) is 10.0. The molecule has 1 aliphatic heterocycles. The van der Waals surface area contributed by atoms with Gasteiger partial charge in [0.25, 0.3) is 0 Å². The number of rotatable bonds is 7. The van der Waals surface area contributed by atoms with Gasteiger partial charge in [0, 0.05) is 41.7 Å². The van der Waals surface area contributed by atoms with Crippen LogP contribution in [0.1, 0.15) is 59.9 Å². The van der Waals surface area contributed by atoms with Gasteiger partial charge < -0.3 is 19.5 Å². The molecule has 0 spiro atoms. The van der Waals surface area contributed by atoms with E-state index in [1.165, 1.54) is 11.6 Å². The molecule has 2 aliphatic rings. The molecule has 2 N–H and O–H groups in total. The van der Waals surface area contributed by atoms with Crippen LogP contribution in [-0.4, -0.2) is 43.5 Å². The van der Waals surface area contributed by atoms with Crippen molar-refractivity contribution >= 4 is 34.8 Å². The number of amides is 1. The van der Waals surface area contributed by atoms with Crippen molar-refractivity contribution in [3.8, 4) is 22.8 Å². The van der Waals surface area contributed by atoms with E-state index < -0.39 is 0 Å². The van der Waals surface area contributed by atoms with E-state index in [9.17, 15) is 4.79 Å². The third-order valence-electron chi connectivity index (χ3n) is 7.83. The Morgan fingerprint density at radius 1 is 1.10 bits per heavy atom. The highest BCUT2D eigenvalue weighted by atomic mass is 35.5. The van der Waals surface area contributed by atoms with E-state index >= 15 is 0 Å². The Labute approximate surface area is 238 Å². The van der Waals surface area contributed by atoms with Crippen molar-refractivity contribution in [1.82, 2.24) is 10.2 Å². The molecule has 1 fully saturated rings. The summed E-state index contributed by atoms with van der Waals surface area (Å²) in [7, 11) is 3.16. The quantitative estimate of drug-likeness (QED) is 0.297. The number of anilines is 1. The van der Waals surface area contributed by atoms with Crippen LogP contribution in [0.4, 0.5) is 5.69 Å². The fourth-order valence-electron chi connectivity index (χ4n) is 5.78. The number of methoxy groups -OCH3 is 2. The lowest BCUT2D eigenvalue weighted by molar-refractivity contribution is -0.111. The van der Waals surface area contributed by atoms with Crippen LogP contribution in [0.15, 0.2) is 36.9 Å². The summed E-state index contributed by atoms with van der Waals surface area (Å²) < 4.78 is 16.7. The van der Waals surface area contributed by atoms with E-state index in [1.54, 1.807) is 20.3 Å². The fourth-order valence-corrected chi connectivity index (χ4v) is 6.59. The molecular formula is C30H33Cl2N3O4. The zero-order valence-corrected chi connectivity index (χ0v) is 23.8. The zero-order valence-electron chi connectivity index (χ0n) is 22.2. The average Bonchev–Trinajstić information content (AvgIpc) is 3.17. The number of halogens is 2. The van der Waals surface area contributed by atoms with Crippen molar-refractivity contribution in [2.24, 2.45) is 0 Å². The average molecular weight is 571 g/mol. The first-order chi connectivity index (χ1) is 18.9. The van der Waals surface area contributed by atoms with Crippen molar-refractivity contribution in [3.05, 3.63) is 69.3 Å². The maximum atomic E-state index is 12.3. The van der Waals surface area contributed by atoms with E-state index in [1.807, 2.05) is 6.07 Å². The van der Waals surface area contributed by atoms with Gasteiger partial charge in [0.1, 0.15) is 11.5 Å². The summed E-state index contributed by atoms with van der Waals surface area (Å²) in [5.41, 5.74) is 6.71. The lowest BCUT2D eigenvalue weighted by Gasteiger charge is -2.26. The molecule has 39 heavy (non-hydrogen) atoms. The number of ether oxygens (including phenoxy) is 3. The Morgan fingerprint density at radius 3 is 2.59 bits per heavy atom. The van der Waals surface area contributed by atoms with Gasteiger partial charge in [0.05, 0.1) is 35.6 Å². The van der Waals surface area contributed by atoms with Crippen LogP contribution < -0.4 is 14.8 Å². The van der Waals surface area contributed by atoms with Crippen LogP contribution in [0.2, 0.25) is 10.0 Å². The summed E-state index contributed by atoms with van der Waals surface area (Å²) in [6.45, 7) is 5.17. The van der Waals surface area contributed by atoms with Gasteiger partial charge in [-0.1, -0.05) is 35.8 Å². The van der Waals surface area contributed by atoms with Crippen LogP contribution in [0, 0.1) is 0 Å². The van der Waals surface area contributed by atoms with E-state index in [0.29, 0.717) is 39.6 Å². The SMILES string of the molecule is C=CC(=O)Nc1ccc(C2CCCOCC2)cc1-c1n[nH]c2c1CC[C@H](c1c(Cl)c(OC)cc(OC)c1Cl)C2. The fraction of sp³-hybridized carbons (Fsp3) is 0.400. The summed E-state index contributed by atoms with van der Waals surface area (Å²) in [6.07, 6.45) is 6.65. The van der Waals surface area contributed by atoms with Crippen molar-refractivity contribution in [2.75, 3.05) is 32.8 Å². The number of nitrogens with one attached hydrogen (secondary N) is 2. The van der Waals surface area contributed by atoms with Gasteiger partial charge in [-0.05, 0) is 74.1 Å². The standard InChI is InChI=1S/C30H33Cl2N3O4/c1-4-26(36)33-22-10-8-18(17-6-5-12-39-13-11-17)14-21(22)30-20-9-7-19(15-23(20)34-35-30)27-28(31)24(37-2)16-25(38-3)29(27)32/h4,8,10,14,16-17,19H,1,5-7,9,11-13,15H2,2-3H3,(H,33,36)(H,34,35)/t17?,19-/m0/s1. The topological polar surface area (TPSA) is 85.5 Å². The van der Waals surface area contributed by atoms with E-state index in [2.05, 4.69) is 29.1 Å². The summed E-state index contributed by atoms with van der Waals surface area (Å²) in [5, 5.41) is 12.0. The number of aromatic amines is 1. The molecule has 0 saturated carbocycles. The highest BCUT2D eigenvalue weighted by Gasteiger charge is 2.31. The first-order valence-corrected chi connectivity index (χ1v) is 14.0. The predicted molar refractivity (Wildman–Crippen MR) is 155 cm³/mol. The summed E-state index contributed by atoms with van der Waals surface area (Å²) in [5.74, 6) is 1.28. The summed E-state index contributed by atoms with van der Waals surface area (Å²) in [4.78, 5) is 12.3. The highest BCUT2D eigenvalue weighted by molar-refractivity contribution is 6.38. The van der Waals surface area contributed by atoms with Crippen LogP contribution in [0.25, 0.3) is 11.3 Å². The minimum atomic E-state index is -0.257. The van der Waals surface area contributed by atoms with Crippen molar-refractivity contribution in [3.63, 3.8) is 0 Å². The minimum absolute atomic E-state index is 0.0621. The molecule has 1 saturated heterocycles. The van der Waals surface area contributed by atoms with E-state index in [-0.39, 0.29) is 11.8 Å². The third-order valence-corrected chi connectivity index (χ3v) is 8.61. The van der Waals surface area contributed by atoms with Gasteiger partial charge in [-0.2, -0.15) is 5.10 Å². The van der Waals surface area contributed by atoms with Crippen molar-refractivity contribution < 1.29 is 19.0 Å². The van der Waals surface area contributed by atoms with Gasteiger partial charge >= 0.3 is 0 Å². The second-order valence-corrected chi connectivity index (χ2v) is 10.8. The van der Waals surface area contributed by atoms with Gasteiger partial charge in [-0.25, -0.2) is 0 Å². The maximum Gasteiger partial charge on any atom is 0.247 e. The first-order valence-electron chi connectivity index (χ1n) is 13.3. The Kier molecular flexibility index (Phi) is 8.50. The molecule has 1 aromatic heterocycles. The largest absolute Gasteiger partial charge is 0.495 e. The lowest BCUT2D eigenvalue weighted by atomic mass is 9.81. The van der Waals surface area contributed by atoms with Gasteiger partial charge in [0.2, 0.25) is 5.91 Å². The number of benzene rings is 2. The number of carbonyl (C=O) groups excluding carboxylic acids is 1. The molecule has 2 aromatic carbocycles. The molecule has 0 radical (unpaired) electrons. The van der Waals surface area contributed by atoms with Gasteiger partial charge in [-0.15, -0.1) is 0 Å². The molecule has 2 heterocycles. The number of hydrogen-bond acceptors (Lipinski definition) is 5. The monoisotopic (exact) mass is 569 g/mol. The van der Waals surface area contributed by atoms with Crippen LogP contribution in [-0.2, 0) is 22.4 Å². The maximum absolute atomic E-state index is 12.3. The normalized spacial score (nSPS) is 19.1. The van der Waals surface area contributed by atoms with E-state index in [4.69, 9.17) is 42.5 Å². The van der Waals surface area contributed by atoms with Gasteiger partial charge in [0.15, 0.2) is 0 Å². The molecule has 7 nitrogen and oxygen atoms in total. The molecule has 9 heteroatoms. The third kappa shape index (κ3) is 5.53. The summed E-state index contributed by atoms with van der Waals surface area (Å²) >= 11 is 13.5. The second kappa shape index (κ2) is 12.0. The zero-order chi connectivity index (χ0) is 27.5. The molecule has 206 valence electrons. The molecule has 5 rings (SSSR count). The van der Waals surface area contributed by atoms with Crippen LogP contribution >= 0.6 is 23.2 Å². The Balaban J connectivity index is 1.52. The summed E-state index contributed by atoms with van der Waals surface area (Å²) in [6, 6.07) is 7.97. The first kappa shape index (κ1) is 27.6. The molecule has 3 aromatic rings. The van der Waals surface area contributed by atoms with Crippen molar-refractivity contribution in [1.29, 1.82) is 0 Å². The number of aromatic nitrogens is 2. The van der Waals surface area contributed by atoms with Crippen molar-refractivity contribution in [2.45, 2.75) is 50.4 Å². The number of fused-ring (bicyclic) bond motifs is 1.